The highest BCUT2D eigenvalue weighted by Crippen LogP contribution is 2.38. The summed E-state index contributed by atoms with van der Waals surface area (Å²) in [7, 11) is 0. The van der Waals surface area contributed by atoms with Gasteiger partial charge in [0.2, 0.25) is 0 Å². The standard InChI is InChI=1S/C25H20N2OS/c1-19-25(29-22-15-9-4-10-16-22)24(21-13-7-3-8-14-21)27(26-19)23(28)18-17-20-11-5-2-6-12-20/h2-18H,1H3/b18-17+. The second kappa shape index (κ2) is 8.76. The van der Waals surface area contributed by atoms with E-state index in [1.165, 1.54) is 4.68 Å². The van der Waals surface area contributed by atoms with E-state index in [1.54, 1.807) is 17.8 Å². The van der Waals surface area contributed by atoms with Crippen molar-refractivity contribution in [1.29, 1.82) is 0 Å². The topological polar surface area (TPSA) is 34.9 Å². The summed E-state index contributed by atoms with van der Waals surface area (Å²) in [6.07, 6.45) is 3.39. The van der Waals surface area contributed by atoms with Crippen LogP contribution in [0.4, 0.5) is 0 Å². The molecule has 0 radical (unpaired) electrons. The lowest BCUT2D eigenvalue weighted by Gasteiger charge is -2.08. The first-order chi connectivity index (χ1) is 14.2. The predicted molar refractivity (Wildman–Crippen MR) is 119 cm³/mol. The number of aromatic nitrogens is 2. The second-order valence-corrected chi connectivity index (χ2v) is 7.62. The van der Waals surface area contributed by atoms with Crippen LogP contribution in [0.15, 0.2) is 107 Å². The van der Waals surface area contributed by atoms with Crippen molar-refractivity contribution >= 4 is 23.7 Å². The van der Waals surface area contributed by atoms with E-state index >= 15 is 0 Å². The minimum atomic E-state index is -0.171. The molecule has 1 aromatic heterocycles. The van der Waals surface area contributed by atoms with Crippen molar-refractivity contribution in [2.45, 2.75) is 16.7 Å². The number of rotatable bonds is 5. The van der Waals surface area contributed by atoms with Crippen LogP contribution >= 0.6 is 11.8 Å². The van der Waals surface area contributed by atoms with Gasteiger partial charge in [0.15, 0.2) is 0 Å². The predicted octanol–water partition coefficient (Wildman–Crippen LogP) is 6.36. The molecular weight excluding hydrogens is 376 g/mol. The van der Waals surface area contributed by atoms with Gasteiger partial charge in [0, 0.05) is 16.5 Å². The third-order valence-electron chi connectivity index (χ3n) is 4.44. The van der Waals surface area contributed by atoms with Gasteiger partial charge in [-0.3, -0.25) is 4.79 Å². The molecule has 29 heavy (non-hydrogen) atoms. The van der Waals surface area contributed by atoms with Gasteiger partial charge in [-0.05, 0) is 30.7 Å². The molecule has 0 aliphatic heterocycles. The molecule has 0 atom stereocenters. The Morgan fingerprint density at radius 3 is 2.10 bits per heavy atom. The van der Waals surface area contributed by atoms with E-state index in [0.29, 0.717) is 0 Å². The fourth-order valence-electron chi connectivity index (χ4n) is 3.05. The quantitative estimate of drug-likeness (QED) is 0.368. The Balaban J connectivity index is 1.76. The fourth-order valence-corrected chi connectivity index (χ4v) is 4.07. The highest BCUT2D eigenvalue weighted by Gasteiger charge is 2.21. The van der Waals surface area contributed by atoms with Crippen molar-refractivity contribution < 1.29 is 4.79 Å². The summed E-state index contributed by atoms with van der Waals surface area (Å²) in [5.74, 6) is -0.171. The van der Waals surface area contributed by atoms with Crippen LogP contribution < -0.4 is 0 Å². The molecule has 0 fully saturated rings. The maximum Gasteiger partial charge on any atom is 0.271 e. The normalized spacial score (nSPS) is 11.1. The summed E-state index contributed by atoms with van der Waals surface area (Å²) >= 11 is 1.63. The molecular formula is C25H20N2OS. The molecule has 0 bridgehead atoms. The summed E-state index contributed by atoms with van der Waals surface area (Å²) in [5.41, 5.74) is 3.59. The molecule has 0 saturated heterocycles. The molecule has 4 rings (SSSR count). The maximum atomic E-state index is 13.0. The van der Waals surface area contributed by atoms with Crippen LogP contribution in [0.1, 0.15) is 16.1 Å². The Kier molecular flexibility index (Phi) is 5.73. The average molecular weight is 397 g/mol. The van der Waals surface area contributed by atoms with Gasteiger partial charge >= 0.3 is 0 Å². The van der Waals surface area contributed by atoms with Crippen molar-refractivity contribution in [2.24, 2.45) is 0 Å². The summed E-state index contributed by atoms with van der Waals surface area (Å²) in [6, 6.07) is 29.9. The first-order valence-electron chi connectivity index (χ1n) is 9.38. The van der Waals surface area contributed by atoms with Crippen molar-refractivity contribution in [1.82, 2.24) is 9.78 Å². The maximum absolute atomic E-state index is 13.0. The molecule has 3 aromatic carbocycles. The zero-order valence-electron chi connectivity index (χ0n) is 16.0. The fraction of sp³-hybridized carbons (Fsp3) is 0.0400. The zero-order chi connectivity index (χ0) is 20.1. The molecule has 142 valence electrons. The molecule has 4 heteroatoms. The molecule has 1 heterocycles. The average Bonchev–Trinajstić information content (AvgIpc) is 3.10. The van der Waals surface area contributed by atoms with Crippen molar-refractivity contribution in [3.05, 3.63) is 108 Å². The Bertz CT molecular complexity index is 1130. The van der Waals surface area contributed by atoms with Crippen LogP contribution in [0.2, 0.25) is 0 Å². The third-order valence-corrected chi connectivity index (χ3v) is 5.64. The summed E-state index contributed by atoms with van der Waals surface area (Å²) < 4.78 is 1.51. The van der Waals surface area contributed by atoms with E-state index in [0.717, 1.165) is 32.3 Å². The van der Waals surface area contributed by atoms with Crippen LogP contribution in [-0.2, 0) is 0 Å². The van der Waals surface area contributed by atoms with E-state index in [2.05, 4.69) is 17.2 Å². The lowest BCUT2D eigenvalue weighted by atomic mass is 10.1. The Morgan fingerprint density at radius 2 is 1.45 bits per heavy atom. The molecule has 3 nitrogen and oxygen atoms in total. The Hall–Kier alpha value is -3.37. The number of carbonyl (C=O) groups is 1. The van der Waals surface area contributed by atoms with E-state index in [9.17, 15) is 4.79 Å². The number of hydrogen-bond donors (Lipinski definition) is 0. The largest absolute Gasteiger partial charge is 0.271 e. The number of nitrogens with zero attached hydrogens (tertiary/aromatic N) is 2. The van der Waals surface area contributed by atoms with Crippen molar-refractivity contribution in [2.75, 3.05) is 0 Å². The minimum Gasteiger partial charge on any atom is -0.267 e. The van der Waals surface area contributed by atoms with Gasteiger partial charge in [0.05, 0.1) is 16.3 Å². The Morgan fingerprint density at radius 1 is 0.862 bits per heavy atom. The van der Waals surface area contributed by atoms with Crippen molar-refractivity contribution in [3.8, 4) is 11.3 Å². The van der Waals surface area contributed by atoms with E-state index in [1.807, 2.05) is 91.9 Å². The molecule has 0 saturated carbocycles. The first kappa shape index (κ1) is 19.0. The van der Waals surface area contributed by atoms with E-state index in [4.69, 9.17) is 0 Å². The van der Waals surface area contributed by atoms with E-state index in [-0.39, 0.29) is 5.91 Å². The van der Waals surface area contributed by atoms with Gasteiger partial charge in [0.1, 0.15) is 0 Å². The van der Waals surface area contributed by atoms with Crippen LogP contribution in [0.25, 0.3) is 17.3 Å². The minimum absolute atomic E-state index is 0.171. The van der Waals surface area contributed by atoms with Gasteiger partial charge < -0.3 is 0 Å². The first-order valence-corrected chi connectivity index (χ1v) is 10.2. The lowest BCUT2D eigenvalue weighted by Crippen LogP contribution is -2.11. The van der Waals surface area contributed by atoms with Crippen LogP contribution in [0.3, 0.4) is 0 Å². The van der Waals surface area contributed by atoms with Gasteiger partial charge in [-0.25, -0.2) is 0 Å². The smallest absolute Gasteiger partial charge is 0.267 e. The van der Waals surface area contributed by atoms with Gasteiger partial charge in [-0.2, -0.15) is 9.78 Å². The molecule has 0 N–H and O–H groups in total. The molecule has 0 spiro atoms. The van der Waals surface area contributed by atoms with Gasteiger partial charge in [-0.1, -0.05) is 90.6 Å². The molecule has 0 aliphatic carbocycles. The van der Waals surface area contributed by atoms with Crippen LogP contribution in [-0.4, -0.2) is 15.7 Å². The molecule has 4 aromatic rings. The summed E-state index contributed by atoms with van der Waals surface area (Å²) in [6.45, 7) is 1.95. The number of aryl methyl sites for hydroxylation is 1. The number of allylic oxidation sites excluding steroid dienone is 1. The van der Waals surface area contributed by atoms with Gasteiger partial charge in [0.25, 0.3) is 5.91 Å². The van der Waals surface area contributed by atoms with Crippen molar-refractivity contribution in [3.63, 3.8) is 0 Å². The zero-order valence-corrected chi connectivity index (χ0v) is 16.8. The highest BCUT2D eigenvalue weighted by atomic mass is 32.2. The highest BCUT2D eigenvalue weighted by molar-refractivity contribution is 7.99. The lowest BCUT2D eigenvalue weighted by molar-refractivity contribution is 0.0956. The second-order valence-electron chi connectivity index (χ2n) is 6.54. The molecule has 0 amide bonds. The Labute approximate surface area is 174 Å². The monoisotopic (exact) mass is 396 g/mol. The van der Waals surface area contributed by atoms with Crippen LogP contribution in [0.5, 0.6) is 0 Å². The molecule has 0 aliphatic rings. The summed E-state index contributed by atoms with van der Waals surface area (Å²) in [4.78, 5) is 15.1. The number of benzene rings is 3. The number of hydrogen-bond acceptors (Lipinski definition) is 3. The third kappa shape index (κ3) is 4.39. The van der Waals surface area contributed by atoms with E-state index < -0.39 is 0 Å². The summed E-state index contributed by atoms with van der Waals surface area (Å²) in [5, 5.41) is 4.59. The van der Waals surface area contributed by atoms with Crippen LogP contribution in [0, 0.1) is 6.92 Å². The van der Waals surface area contributed by atoms with Gasteiger partial charge in [-0.15, -0.1) is 0 Å². The SMILES string of the molecule is Cc1nn(C(=O)/C=C/c2ccccc2)c(-c2ccccc2)c1Sc1ccccc1. The number of carbonyl (C=O) groups excluding carboxylic acids is 1. The molecule has 0 unspecified atom stereocenters.